The van der Waals surface area contributed by atoms with Crippen molar-refractivity contribution >= 4 is 29.3 Å². The summed E-state index contributed by atoms with van der Waals surface area (Å²) in [7, 11) is 0. The Bertz CT molecular complexity index is 1120. The molecule has 5 nitrogen and oxygen atoms in total. The molecule has 2 aromatic rings. The number of hydrogen-bond acceptors (Lipinski definition) is 5. The quantitative estimate of drug-likeness (QED) is 0.479. The minimum Gasteiger partial charge on any atom is -0.455 e. The Labute approximate surface area is 212 Å². The van der Waals surface area contributed by atoms with E-state index in [9.17, 15) is 14.7 Å². The summed E-state index contributed by atoms with van der Waals surface area (Å²) in [6.07, 6.45) is 4.46. The Morgan fingerprint density at radius 2 is 1.60 bits per heavy atom. The van der Waals surface area contributed by atoms with Crippen molar-refractivity contribution in [1.29, 1.82) is 0 Å². The third kappa shape index (κ3) is 4.88. The highest BCUT2D eigenvalue weighted by molar-refractivity contribution is 7.99. The van der Waals surface area contributed by atoms with Gasteiger partial charge in [0.1, 0.15) is 0 Å². The number of aryl methyl sites for hydroxylation is 2. The molecular weight excluding hydrogens is 458 g/mol. The molecular formula is C29H35NO4S. The predicted molar refractivity (Wildman–Crippen MR) is 137 cm³/mol. The Hall–Kier alpha value is -2.31. The molecule has 4 bridgehead atoms. The molecule has 4 saturated carbocycles. The van der Waals surface area contributed by atoms with Gasteiger partial charge in [0, 0.05) is 15.5 Å². The summed E-state index contributed by atoms with van der Waals surface area (Å²) in [6.45, 7) is 8.25. The number of benzene rings is 2. The summed E-state index contributed by atoms with van der Waals surface area (Å²) >= 11 is 1.69. The van der Waals surface area contributed by atoms with Crippen LogP contribution in [-0.4, -0.2) is 29.2 Å². The summed E-state index contributed by atoms with van der Waals surface area (Å²) in [5, 5.41) is 14.0. The summed E-state index contributed by atoms with van der Waals surface area (Å²) in [5.74, 6) is -0.683. The van der Waals surface area contributed by atoms with Gasteiger partial charge in [0.25, 0.3) is 5.91 Å². The first kappa shape index (κ1) is 24.4. The molecule has 4 aliphatic rings. The fourth-order valence-electron chi connectivity index (χ4n) is 7.98. The second-order valence-electron chi connectivity index (χ2n) is 12.2. The molecule has 0 aromatic heterocycles. The molecule has 186 valence electrons. The number of carbonyl (C=O) groups is 2. The number of nitrogens with one attached hydrogen (secondary N) is 1. The highest BCUT2D eigenvalue weighted by Gasteiger charge is 2.68. The second kappa shape index (κ2) is 8.38. The van der Waals surface area contributed by atoms with E-state index in [2.05, 4.69) is 51.2 Å². The molecule has 0 saturated heterocycles. The van der Waals surface area contributed by atoms with E-state index in [0.717, 1.165) is 37.0 Å². The first-order valence-electron chi connectivity index (χ1n) is 12.4. The van der Waals surface area contributed by atoms with Crippen molar-refractivity contribution < 1.29 is 19.4 Å². The highest BCUT2D eigenvalue weighted by Crippen LogP contribution is 2.71. The number of anilines is 1. The summed E-state index contributed by atoms with van der Waals surface area (Å²) < 4.78 is 5.56. The van der Waals surface area contributed by atoms with Crippen molar-refractivity contribution in [3.63, 3.8) is 0 Å². The smallest absolute Gasteiger partial charge is 0.312 e. The largest absolute Gasteiger partial charge is 0.455 e. The van der Waals surface area contributed by atoms with Gasteiger partial charge < -0.3 is 15.2 Å². The van der Waals surface area contributed by atoms with Crippen molar-refractivity contribution in [3.8, 4) is 0 Å². The molecule has 1 amide bonds. The third-order valence-electron chi connectivity index (χ3n) is 8.03. The normalized spacial score (nSPS) is 32.9. The van der Waals surface area contributed by atoms with Gasteiger partial charge in [-0.2, -0.15) is 0 Å². The van der Waals surface area contributed by atoms with Crippen LogP contribution >= 0.6 is 11.8 Å². The van der Waals surface area contributed by atoms with Crippen molar-refractivity contribution in [2.45, 2.75) is 81.6 Å². The molecule has 2 atom stereocenters. The van der Waals surface area contributed by atoms with E-state index >= 15 is 0 Å². The monoisotopic (exact) mass is 493 g/mol. The Morgan fingerprint density at radius 1 is 0.943 bits per heavy atom. The molecule has 4 aliphatic carbocycles. The number of hydrogen-bond donors (Lipinski definition) is 2. The van der Waals surface area contributed by atoms with Crippen LogP contribution in [0.1, 0.15) is 63.5 Å². The van der Waals surface area contributed by atoms with Gasteiger partial charge in [0.05, 0.1) is 11.0 Å². The lowest BCUT2D eigenvalue weighted by Gasteiger charge is -2.66. The molecule has 2 aromatic carbocycles. The maximum absolute atomic E-state index is 13.2. The first-order valence-corrected chi connectivity index (χ1v) is 13.3. The van der Waals surface area contributed by atoms with E-state index in [0.29, 0.717) is 12.1 Å². The van der Waals surface area contributed by atoms with Crippen LogP contribution in [0.4, 0.5) is 5.69 Å². The van der Waals surface area contributed by atoms with Crippen molar-refractivity contribution in [2.75, 3.05) is 11.9 Å². The van der Waals surface area contributed by atoms with Gasteiger partial charge in [-0.3, -0.25) is 9.59 Å². The molecule has 0 aliphatic heterocycles. The van der Waals surface area contributed by atoms with Crippen LogP contribution in [0.25, 0.3) is 0 Å². The van der Waals surface area contributed by atoms with Gasteiger partial charge >= 0.3 is 5.97 Å². The number of esters is 1. The Morgan fingerprint density at radius 3 is 2.20 bits per heavy atom. The minimum absolute atomic E-state index is 0.0452. The zero-order valence-corrected chi connectivity index (χ0v) is 21.9. The van der Waals surface area contributed by atoms with Crippen LogP contribution in [0.5, 0.6) is 0 Å². The number of ether oxygens (including phenoxy) is 1. The lowest BCUT2D eigenvalue weighted by molar-refractivity contribution is -0.233. The Balaban J connectivity index is 1.17. The molecule has 4 fully saturated rings. The summed E-state index contributed by atoms with van der Waals surface area (Å²) in [5.41, 5.74) is 1.58. The van der Waals surface area contributed by atoms with Gasteiger partial charge in [-0.1, -0.05) is 43.3 Å². The fourth-order valence-corrected chi connectivity index (χ4v) is 8.86. The van der Waals surface area contributed by atoms with Crippen LogP contribution in [0.15, 0.2) is 52.3 Å². The van der Waals surface area contributed by atoms with Crippen LogP contribution in [0.3, 0.4) is 0 Å². The summed E-state index contributed by atoms with van der Waals surface area (Å²) in [4.78, 5) is 28.1. The minimum atomic E-state index is -0.795. The average Bonchev–Trinajstić information content (AvgIpc) is 2.72. The number of amides is 1. The van der Waals surface area contributed by atoms with E-state index in [4.69, 9.17) is 4.74 Å². The van der Waals surface area contributed by atoms with Crippen molar-refractivity contribution in [1.82, 2.24) is 0 Å². The average molecular weight is 494 g/mol. The zero-order valence-electron chi connectivity index (χ0n) is 21.1. The van der Waals surface area contributed by atoms with E-state index in [-0.39, 0.29) is 29.3 Å². The van der Waals surface area contributed by atoms with Gasteiger partial charge in [-0.05, 0) is 99.1 Å². The lowest BCUT2D eigenvalue weighted by atomic mass is 9.39. The first-order chi connectivity index (χ1) is 16.4. The van der Waals surface area contributed by atoms with Crippen LogP contribution < -0.4 is 5.32 Å². The fraction of sp³-hybridized carbons (Fsp3) is 0.517. The topological polar surface area (TPSA) is 75.6 Å². The molecule has 6 heteroatoms. The van der Waals surface area contributed by atoms with Crippen molar-refractivity contribution in [3.05, 3.63) is 53.6 Å². The van der Waals surface area contributed by atoms with Crippen LogP contribution in [0.2, 0.25) is 0 Å². The zero-order chi connectivity index (χ0) is 25.1. The van der Waals surface area contributed by atoms with E-state index in [1.165, 1.54) is 16.0 Å². The molecule has 0 heterocycles. The number of aliphatic hydroxyl groups is 1. The van der Waals surface area contributed by atoms with Gasteiger partial charge in [0.15, 0.2) is 6.61 Å². The third-order valence-corrected chi connectivity index (χ3v) is 9.21. The highest BCUT2D eigenvalue weighted by atomic mass is 32.2. The number of carbonyl (C=O) groups excluding carboxylic acids is 2. The number of rotatable bonds is 6. The SMILES string of the molecule is Cc1ccc(Sc2ccc(NC(=O)COC(=O)C34CC5(C)CC(C)(CC(O)(C5)C3)C4)cc2)c(C)c1. The second-order valence-corrected chi connectivity index (χ2v) is 13.3. The Kier molecular flexibility index (Phi) is 5.84. The van der Waals surface area contributed by atoms with Gasteiger partial charge in [-0.25, -0.2) is 0 Å². The van der Waals surface area contributed by atoms with Gasteiger partial charge in [0.2, 0.25) is 0 Å². The van der Waals surface area contributed by atoms with E-state index in [1.54, 1.807) is 11.8 Å². The lowest BCUT2D eigenvalue weighted by Crippen LogP contribution is -2.64. The van der Waals surface area contributed by atoms with E-state index < -0.39 is 11.0 Å². The molecule has 35 heavy (non-hydrogen) atoms. The maximum Gasteiger partial charge on any atom is 0.312 e. The summed E-state index contributed by atoms with van der Waals surface area (Å²) in [6, 6.07) is 14.1. The van der Waals surface area contributed by atoms with E-state index in [1.807, 2.05) is 24.3 Å². The van der Waals surface area contributed by atoms with Gasteiger partial charge in [-0.15, -0.1) is 0 Å². The van der Waals surface area contributed by atoms with Crippen LogP contribution in [-0.2, 0) is 14.3 Å². The molecule has 0 radical (unpaired) electrons. The maximum atomic E-state index is 13.2. The molecule has 2 unspecified atom stereocenters. The van der Waals surface area contributed by atoms with Crippen LogP contribution in [0, 0.1) is 30.1 Å². The standard InChI is InChI=1S/C29H35NO4S/c1-19-5-10-23(20(2)11-19)35-22-8-6-21(7-9-22)30-24(31)12-34-25(32)28-14-26(3)13-27(4,15-28)17-29(33,16-26)18-28/h5-11,33H,12-18H2,1-4H3,(H,30,31). The molecule has 0 spiro atoms. The predicted octanol–water partition coefficient (Wildman–Crippen LogP) is 6.05. The molecule has 2 N–H and O–H groups in total. The van der Waals surface area contributed by atoms with Crippen molar-refractivity contribution in [2.24, 2.45) is 16.2 Å². The molecule has 6 rings (SSSR count).